The van der Waals surface area contributed by atoms with E-state index in [2.05, 4.69) is 0 Å². The molecule has 0 unspecified atom stereocenters. The molecular weight excluding hydrogens is 1040 g/mol. The van der Waals surface area contributed by atoms with Gasteiger partial charge in [-0.05, 0) is 0 Å². The molecule has 434 valence electrons. The van der Waals surface area contributed by atoms with Crippen LogP contribution in [0.1, 0.15) is 0 Å². The van der Waals surface area contributed by atoms with Crippen molar-refractivity contribution in [3.63, 3.8) is 0 Å². The summed E-state index contributed by atoms with van der Waals surface area (Å²) in [6.45, 7) is 1.49. The van der Waals surface area contributed by atoms with Crippen LogP contribution in [0.4, 0.5) is 0 Å². The molecule has 28 aliphatic rings. The van der Waals surface area contributed by atoms with Gasteiger partial charge >= 0.3 is 0 Å². The standard InChI is InChI=1S/C49H70O28/c1-50-36-29-22-15(8-57-29)64-43(36)71-23-16-9-58-30(23)37(51-2)45(65-16)73-25-18-11-60-32(25)39(53-4)47(67-18)75-27-20-13-62-34(27)41(55-6)49(69-20)77-28-21-14-63-35(28)42(56-7)48(70-21)76-26-19-12-61-33(26)40(54-5)46(68-19)74-24-17-10-59-31(24)38(52-3)44(66-17)72-22/h15-49H,8-14H2,1-7H3/t15-,16-,17-,18-,19-,20-,21-,22-,23-,24-,25-,26-,27-,28-,29+,30+,31+,32+,33+,34+,35+,36-,37-,38-,39-,40-,41-,42-,43-,44-,45-,46-,47-,48-,49-/m1/s1. The molecule has 28 fully saturated rings. The third kappa shape index (κ3) is 8.53. The Balaban J connectivity index is 0.708. The molecule has 0 aromatic heterocycles. The average Bonchev–Trinajstić information content (AvgIpc) is 4.32. The maximum absolute atomic E-state index is 6.77. The minimum atomic E-state index is -0.896. The lowest BCUT2D eigenvalue weighted by Crippen LogP contribution is -2.64. The number of hydrogen-bond donors (Lipinski definition) is 0. The summed E-state index contributed by atoms with van der Waals surface area (Å²) in [6, 6.07) is 0. The number of ether oxygens (including phenoxy) is 28. The SMILES string of the molecule is CO[C@H]1[C@H]2O[C@H]3[C@@H]4OC[C@H]3O[C@H](O[C@H]3[C@@H]5OC[C@H]3O[C@H](O[C@H]3[C@@H]6OC[C@H]3O[C@H](O[C@H]3[C@@H]7OC[C@H]3O[C@H](O[C@H]3[C@@H]8OC[C@H]3O[C@H](O[C@H]3[C@@H]9OC[C@H]3O[C@H](O[C@H]3[C@@H]1OC[C@H]3O2)[C@@H]9OC)[C@@H]8OC)[C@@H]7OC)[C@@H]6OC)[C@@H]5OC)[C@@H]4OC. The van der Waals surface area contributed by atoms with Gasteiger partial charge < -0.3 is 133 Å². The van der Waals surface area contributed by atoms with E-state index in [0.717, 1.165) is 0 Å². The predicted octanol–water partition coefficient (Wildman–Crippen LogP) is -3.33. The lowest BCUT2D eigenvalue weighted by Gasteiger charge is -2.47. The molecule has 0 N–H and O–H groups in total. The summed E-state index contributed by atoms with van der Waals surface area (Å²) < 4.78 is 181. The van der Waals surface area contributed by atoms with Crippen molar-refractivity contribution in [1.29, 1.82) is 0 Å². The smallest absolute Gasteiger partial charge is 0.187 e. The van der Waals surface area contributed by atoms with Crippen LogP contribution in [0.5, 0.6) is 0 Å². The second kappa shape index (κ2) is 21.2. The fraction of sp³-hybridized carbons (Fsp3) is 1.00. The van der Waals surface area contributed by atoms with Crippen molar-refractivity contribution in [3.05, 3.63) is 0 Å². The Labute approximate surface area is 442 Å². The molecule has 35 atom stereocenters. The van der Waals surface area contributed by atoms with E-state index in [1.165, 1.54) is 0 Å². The molecule has 0 aliphatic carbocycles. The topological polar surface area (TPSA) is 258 Å². The van der Waals surface area contributed by atoms with Gasteiger partial charge in [-0.15, -0.1) is 0 Å². The van der Waals surface area contributed by atoms with Gasteiger partial charge in [0.1, 0.15) is 171 Å². The maximum Gasteiger partial charge on any atom is 0.187 e. The molecule has 28 rings (SSSR count). The molecule has 77 heavy (non-hydrogen) atoms. The Morgan fingerprint density at radius 2 is 0.312 bits per heavy atom. The van der Waals surface area contributed by atoms with E-state index < -0.39 is 215 Å². The minimum Gasteiger partial charge on any atom is -0.373 e. The molecule has 28 saturated heterocycles. The van der Waals surface area contributed by atoms with Crippen molar-refractivity contribution in [2.24, 2.45) is 0 Å². The molecule has 0 aromatic carbocycles. The van der Waals surface area contributed by atoms with Crippen molar-refractivity contribution < 1.29 is 133 Å². The first-order valence-corrected chi connectivity index (χ1v) is 27.0. The first-order valence-electron chi connectivity index (χ1n) is 27.0. The van der Waals surface area contributed by atoms with Crippen LogP contribution in [-0.2, 0) is 133 Å². The zero-order valence-corrected chi connectivity index (χ0v) is 43.6. The molecule has 28 heterocycles. The monoisotopic (exact) mass is 1110 g/mol. The highest BCUT2D eigenvalue weighted by molar-refractivity contribution is 5.08. The Bertz CT molecular complexity index is 1680. The van der Waals surface area contributed by atoms with Crippen molar-refractivity contribution in [3.8, 4) is 0 Å². The molecule has 28 heteroatoms. The van der Waals surface area contributed by atoms with Gasteiger partial charge in [0.05, 0.1) is 46.2 Å². The van der Waals surface area contributed by atoms with Gasteiger partial charge in [-0.3, -0.25) is 0 Å². The van der Waals surface area contributed by atoms with Gasteiger partial charge in [-0.2, -0.15) is 0 Å². The first kappa shape index (κ1) is 52.7. The van der Waals surface area contributed by atoms with Crippen LogP contribution in [0, 0.1) is 0 Å². The van der Waals surface area contributed by atoms with Crippen LogP contribution in [0.25, 0.3) is 0 Å². The summed E-state index contributed by atoms with van der Waals surface area (Å²) in [5.41, 5.74) is 0. The van der Waals surface area contributed by atoms with Crippen LogP contribution in [0.15, 0.2) is 0 Å². The molecular formula is C49H70O28. The van der Waals surface area contributed by atoms with E-state index in [1.807, 2.05) is 0 Å². The zero-order chi connectivity index (χ0) is 52.0. The Morgan fingerprint density at radius 1 is 0.182 bits per heavy atom. The van der Waals surface area contributed by atoms with Gasteiger partial charge in [0.15, 0.2) is 44.0 Å². The fourth-order valence-corrected chi connectivity index (χ4v) is 14.6. The molecule has 0 saturated carbocycles. The van der Waals surface area contributed by atoms with Crippen molar-refractivity contribution in [2.75, 3.05) is 96.0 Å². The van der Waals surface area contributed by atoms with Gasteiger partial charge in [0.2, 0.25) is 0 Å². The van der Waals surface area contributed by atoms with E-state index >= 15 is 0 Å². The van der Waals surface area contributed by atoms with Gasteiger partial charge in [0, 0.05) is 49.8 Å². The van der Waals surface area contributed by atoms with Crippen LogP contribution < -0.4 is 0 Å². The highest BCUT2D eigenvalue weighted by Crippen LogP contribution is 2.47. The molecule has 28 bridgehead atoms. The minimum absolute atomic E-state index is 0.213. The molecule has 28 aliphatic heterocycles. The molecule has 0 radical (unpaired) electrons. The largest absolute Gasteiger partial charge is 0.373 e. The van der Waals surface area contributed by atoms with E-state index in [0.29, 0.717) is 0 Å². The van der Waals surface area contributed by atoms with Crippen LogP contribution >= 0.6 is 0 Å². The fourth-order valence-electron chi connectivity index (χ4n) is 14.6. The Morgan fingerprint density at radius 3 is 0.429 bits per heavy atom. The third-order valence-corrected chi connectivity index (χ3v) is 18.3. The quantitative estimate of drug-likeness (QED) is 0.242. The van der Waals surface area contributed by atoms with Gasteiger partial charge in [-0.1, -0.05) is 0 Å². The third-order valence-electron chi connectivity index (χ3n) is 18.3. The summed E-state index contributed by atoms with van der Waals surface area (Å²) >= 11 is 0. The number of methoxy groups -OCH3 is 7. The predicted molar refractivity (Wildman–Crippen MR) is 238 cm³/mol. The highest BCUT2D eigenvalue weighted by Gasteiger charge is 2.66. The molecule has 0 aromatic rings. The van der Waals surface area contributed by atoms with Crippen LogP contribution in [-0.4, -0.2) is 311 Å². The maximum atomic E-state index is 6.77. The van der Waals surface area contributed by atoms with E-state index in [1.54, 1.807) is 49.8 Å². The molecule has 28 nitrogen and oxygen atoms in total. The van der Waals surface area contributed by atoms with E-state index in [9.17, 15) is 0 Å². The second-order valence-electron chi connectivity index (χ2n) is 22.0. The summed E-state index contributed by atoms with van der Waals surface area (Å²) in [5.74, 6) is 0. The summed E-state index contributed by atoms with van der Waals surface area (Å²) in [6.07, 6.45) is -24.1. The first-order chi connectivity index (χ1) is 37.8. The number of hydrogen-bond acceptors (Lipinski definition) is 28. The summed E-state index contributed by atoms with van der Waals surface area (Å²) in [5, 5.41) is 0. The number of rotatable bonds is 7. The lowest BCUT2D eigenvalue weighted by molar-refractivity contribution is -0.363. The van der Waals surface area contributed by atoms with E-state index in [4.69, 9.17) is 133 Å². The van der Waals surface area contributed by atoms with E-state index in [-0.39, 0.29) is 46.2 Å². The molecule has 0 amide bonds. The zero-order valence-electron chi connectivity index (χ0n) is 43.6. The normalized spacial score (nSPS) is 59.2. The van der Waals surface area contributed by atoms with Crippen LogP contribution in [0.2, 0.25) is 0 Å². The summed E-state index contributed by atoms with van der Waals surface area (Å²) in [4.78, 5) is 0. The molecule has 0 spiro atoms. The van der Waals surface area contributed by atoms with Crippen molar-refractivity contribution >= 4 is 0 Å². The Hall–Kier alpha value is -1.12. The van der Waals surface area contributed by atoms with Crippen molar-refractivity contribution in [2.45, 2.75) is 215 Å². The van der Waals surface area contributed by atoms with Crippen LogP contribution in [0.3, 0.4) is 0 Å². The van der Waals surface area contributed by atoms with Gasteiger partial charge in [0.25, 0.3) is 0 Å². The Kier molecular flexibility index (Phi) is 14.5. The second-order valence-corrected chi connectivity index (χ2v) is 22.0. The van der Waals surface area contributed by atoms with Gasteiger partial charge in [-0.25, -0.2) is 0 Å². The van der Waals surface area contributed by atoms with Crippen molar-refractivity contribution in [1.82, 2.24) is 0 Å². The average molecular weight is 1110 g/mol. The highest BCUT2D eigenvalue weighted by atomic mass is 16.8. The summed E-state index contributed by atoms with van der Waals surface area (Å²) in [7, 11) is 11.0. The lowest BCUT2D eigenvalue weighted by atomic mass is 9.98.